The van der Waals surface area contributed by atoms with Crippen LogP contribution >= 0.6 is 23.4 Å². The van der Waals surface area contributed by atoms with Crippen molar-refractivity contribution in [3.05, 3.63) is 107 Å². The quantitative estimate of drug-likeness (QED) is 0.235. The zero-order chi connectivity index (χ0) is 24.1. The monoisotopic (exact) mass is 487 g/mol. The third-order valence-corrected chi connectivity index (χ3v) is 5.54. The second kappa shape index (κ2) is 14.6. The zero-order valence-electron chi connectivity index (χ0n) is 19.4. The summed E-state index contributed by atoms with van der Waals surface area (Å²) in [5, 5.41) is 3.90. The molecule has 0 saturated heterocycles. The number of hydrogen-bond donors (Lipinski definition) is 1. The molecule has 0 aliphatic heterocycles. The topological polar surface area (TPSA) is 34.4 Å². The van der Waals surface area contributed by atoms with Gasteiger partial charge in [0.05, 0.1) is 11.6 Å². The highest BCUT2D eigenvalue weighted by Gasteiger charge is 2.04. The van der Waals surface area contributed by atoms with E-state index >= 15 is 0 Å². The van der Waals surface area contributed by atoms with Crippen LogP contribution in [0, 0.1) is 12.7 Å². The molecule has 0 spiro atoms. The first-order chi connectivity index (χ1) is 16.0. The van der Waals surface area contributed by atoms with Crippen molar-refractivity contribution in [2.45, 2.75) is 27.0 Å². The molecule has 0 fully saturated rings. The summed E-state index contributed by atoms with van der Waals surface area (Å²) in [6.07, 6.45) is 5.91. The maximum Gasteiger partial charge on any atom is 0.138 e. The Bertz CT molecular complexity index is 1050. The lowest BCUT2D eigenvalue weighted by atomic mass is 10.2. The number of rotatable bonds is 10. The molecule has 1 heterocycles. The molecular formula is C27H31ClFNO2S. The van der Waals surface area contributed by atoms with E-state index in [1.165, 1.54) is 12.1 Å². The van der Waals surface area contributed by atoms with Gasteiger partial charge < -0.3 is 14.5 Å². The molecule has 0 radical (unpaired) electrons. The molecular weight excluding hydrogens is 457 g/mol. The maximum atomic E-state index is 12.9. The first-order valence-corrected chi connectivity index (χ1v) is 12.4. The van der Waals surface area contributed by atoms with Crippen molar-refractivity contribution < 1.29 is 13.5 Å². The predicted molar refractivity (Wildman–Crippen MR) is 140 cm³/mol. The molecule has 0 aliphatic rings. The molecule has 0 aliphatic carbocycles. The van der Waals surface area contributed by atoms with Crippen molar-refractivity contribution in [1.29, 1.82) is 0 Å². The van der Waals surface area contributed by atoms with E-state index in [1.54, 1.807) is 6.07 Å². The summed E-state index contributed by atoms with van der Waals surface area (Å²) < 4.78 is 24.2. The third kappa shape index (κ3) is 9.50. The largest absolute Gasteiger partial charge is 0.487 e. The van der Waals surface area contributed by atoms with E-state index in [4.69, 9.17) is 20.8 Å². The number of nitrogens with one attached hydrogen (secondary N) is 1. The number of allylic oxidation sites excluding steroid dienone is 3. The molecule has 0 amide bonds. The van der Waals surface area contributed by atoms with Crippen LogP contribution in [-0.4, -0.2) is 18.6 Å². The van der Waals surface area contributed by atoms with Crippen LogP contribution in [0.1, 0.15) is 29.6 Å². The van der Waals surface area contributed by atoms with Crippen LogP contribution in [0.25, 0.3) is 5.57 Å². The molecule has 1 aromatic heterocycles. The van der Waals surface area contributed by atoms with Gasteiger partial charge in [0.25, 0.3) is 0 Å². The molecule has 0 unspecified atom stereocenters. The molecule has 6 heteroatoms. The van der Waals surface area contributed by atoms with Crippen molar-refractivity contribution >= 4 is 28.9 Å². The molecule has 33 heavy (non-hydrogen) atoms. The van der Waals surface area contributed by atoms with Crippen molar-refractivity contribution in [3.8, 4) is 5.75 Å². The van der Waals surface area contributed by atoms with Gasteiger partial charge in [-0.25, -0.2) is 4.39 Å². The Hall–Kier alpha value is -2.47. The summed E-state index contributed by atoms with van der Waals surface area (Å²) in [4.78, 5) is 0. The number of hydrogen-bond acceptors (Lipinski definition) is 4. The number of benzene rings is 2. The Balaban J connectivity index is 0.000000234. The standard InChI is InChI=1S/C14H12ClFO.C13H19NOS/c1-10-5-6-14(13(15)7-10)17-9-11-3-2-4-12(16)8-11;1-4-11(5-2)13-7-6-12(15-13)10-14-8-9-16-3/h2-8H,9H2,1H3;4-7,14H,1,8-10H2,2-3H3/b;11-5+. The molecule has 0 bridgehead atoms. The smallest absolute Gasteiger partial charge is 0.138 e. The second-order valence-electron chi connectivity index (χ2n) is 7.24. The first kappa shape index (κ1) is 26.8. The summed E-state index contributed by atoms with van der Waals surface area (Å²) in [6, 6.07) is 15.9. The normalized spacial score (nSPS) is 11.0. The Morgan fingerprint density at radius 1 is 1.21 bits per heavy atom. The van der Waals surface area contributed by atoms with E-state index in [9.17, 15) is 4.39 Å². The number of furan rings is 1. The highest BCUT2D eigenvalue weighted by molar-refractivity contribution is 7.98. The lowest BCUT2D eigenvalue weighted by Gasteiger charge is -2.08. The molecule has 3 aromatic rings. The molecule has 2 aromatic carbocycles. The van der Waals surface area contributed by atoms with Crippen LogP contribution in [0.5, 0.6) is 5.75 Å². The molecule has 1 N–H and O–H groups in total. The van der Waals surface area contributed by atoms with Crippen LogP contribution in [0.15, 0.2) is 77.7 Å². The molecule has 0 saturated carbocycles. The first-order valence-electron chi connectivity index (χ1n) is 10.7. The number of aryl methyl sites for hydroxylation is 1. The molecule has 0 atom stereocenters. The highest BCUT2D eigenvalue weighted by Crippen LogP contribution is 2.26. The van der Waals surface area contributed by atoms with Crippen LogP contribution in [-0.2, 0) is 13.2 Å². The van der Waals surface area contributed by atoms with Gasteiger partial charge in [-0.3, -0.25) is 0 Å². The Labute approximate surface area is 205 Å². The Morgan fingerprint density at radius 2 is 2.03 bits per heavy atom. The lowest BCUT2D eigenvalue weighted by Crippen LogP contribution is -2.15. The summed E-state index contributed by atoms with van der Waals surface area (Å²) in [5.41, 5.74) is 2.89. The Morgan fingerprint density at radius 3 is 2.70 bits per heavy atom. The fraction of sp³-hybridized carbons (Fsp3) is 0.259. The second-order valence-corrected chi connectivity index (χ2v) is 8.63. The average molecular weight is 488 g/mol. The summed E-state index contributed by atoms with van der Waals surface area (Å²) in [6.45, 7) is 9.80. The van der Waals surface area contributed by atoms with Gasteiger partial charge in [-0.1, -0.05) is 48.5 Å². The van der Waals surface area contributed by atoms with Gasteiger partial charge in [-0.15, -0.1) is 0 Å². The van der Waals surface area contributed by atoms with Crippen LogP contribution in [0.3, 0.4) is 0 Å². The van der Waals surface area contributed by atoms with Crippen LogP contribution in [0.2, 0.25) is 5.02 Å². The van der Waals surface area contributed by atoms with Gasteiger partial charge >= 0.3 is 0 Å². The number of thioether (sulfide) groups is 1. The van der Waals surface area contributed by atoms with E-state index in [0.29, 0.717) is 17.4 Å². The van der Waals surface area contributed by atoms with Gasteiger partial charge in [0.1, 0.15) is 29.7 Å². The van der Waals surface area contributed by atoms with Crippen molar-refractivity contribution in [1.82, 2.24) is 5.32 Å². The van der Waals surface area contributed by atoms with Gasteiger partial charge in [-0.2, -0.15) is 11.8 Å². The zero-order valence-corrected chi connectivity index (χ0v) is 20.9. The summed E-state index contributed by atoms with van der Waals surface area (Å²) >= 11 is 7.87. The molecule has 3 rings (SSSR count). The van der Waals surface area contributed by atoms with E-state index in [2.05, 4.69) is 18.2 Å². The SMILES string of the molecule is C=C/C(=C\C)c1ccc(CNCCSC)o1.Cc1ccc(OCc2cccc(F)c2)c(Cl)c1. The van der Waals surface area contributed by atoms with Crippen LogP contribution < -0.4 is 10.1 Å². The maximum absolute atomic E-state index is 12.9. The molecule has 3 nitrogen and oxygen atoms in total. The summed E-state index contributed by atoms with van der Waals surface area (Å²) in [7, 11) is 0. The van der Waals surface area contributed by atoms with Crippen molar-refractivity contribution in [3.63, 3.8) is 0 Å². The highest BCUT2D eigenvalue weighted by atomic mass is 35.5. The third-order valence-electron chi connectivity index (χ3n) is 4.63. The van der Waals surface area contributed by atoms with Crippen molar-refractivity contribution in [2.75, 3.05) is 18.6 Å². The van der Waals surface area contributed by atoms with Gasteiger partial charge in [-0.05, 0) is 67.6 Å². The lowest BCUT2D eigenvalue weighted by molar-refractivity contribution is 0.305. The van der Waals surface area contributed by atoms with Crippen LogP contribution in [0.4, 0.5) is 4.39 Å². The fourth-order valence-electron chi connectivity index (χ4n) is 2.89. The van der Waals surface area contributed by atoms with E-state index < -0.39 is 0 Å². The Kier molecular flexibility index (Phi) is 11.9. The van der Waals surface area contributed by atoms with E-state index in [0.717, 1.165) is 47.1 Å². The van der Waals surface area contributed by atoms with Gasteiger partial charge in [0, 0.05) is 17.9 Å². The fourth-order valence-corrected chi connectivity index (χ4v) is 3.52. The van der Waals surface area contributed by atoms with Gasteiger partial charge in [0.2, 0.25) is 0 Å². The minimum atomic E-state index is -0.263. The van der Waals surface area contributed by atoms with Crippen molar-refractivity contribution in [2.24, 2.45) is 0 Å². The average Bonchev–Trinajstić information content (AvgIpc) is 3.26. The minimum absolute atomic E-state index is 0.263. The number of ether oxygens (including phenoxy) is 1. The number of halogens is 2. The predicted octanol–water partition coefficient (Wildman–Crippen LogP) is 7.69. The van der Waals surface area contributed by atoms with E-state index in [1.807, 2.05) is 74.2 Å². The molecule has 176 valence electrons. The van der Waals surface area contributed by atoms with Gasteiger partial charge in [0.15, 0.2) is 0 Å². The van der Waals surface area contributed by atoms with E-state index in [-0.39, 0.29) is 5.82 Å². The minimum Gasteiger partial charge on any atom is -0.487 e. The summed E-state index contributed by atoms with van der Waals surface area (Å²) in [5.74, 6) is 3.33.